The molecule has 0 aromatic rings. The van der Waals surface area contributed by atoms with E-state index in [0.717, 1.165) is 12.8 Å². The van der Waals surface area contributed by atoms with E-state index in [1.165, 1.54) is 0 Å². The fourth-order valence-corrected chi connectivity index (χ4v) is 2.71. The van der Waals surface area contributed by atoms with Gasteiger partial charge in [-0.2, -0.15) is 13.2 Å². The van der Waals surface area contributed by atoms with Gasteiger partial charge in [0.05, 0.1) is 5.60 Å². The lowest BCUT2D eigenvalue weighted by molar-refractivity contribution is -0.138. The van der Waals surface area contributed by atoms with Crippen molar-refractivity contribution in [3.63, 3.8) is 0 Å². The number of hydrogen-bond donors (Lipinski definition) is 1. The molecule has 0 aliphatic heterocycles. The molecule has 0 aromatic carbocycles. The molecule has 1 aliphatic carbocycles. The summed E-state index contributed by atoms with van der Waals surface area (Å²) in [5.74, 6) is 1.23. The summed E-state index contributed by atoms with van der Waals surface area (Å²) in [6, 6.07) is 0. The van der Waals surface area contributed by atoms with Crippen molar-refractivity contribution in [2.45, 2.75) is 70.6 Å². The highest BCUT2D eigenvalue weighted by Gasteiger charge is 2.35. The van der Waals surface area contributed by atoms with Crippen molar-refractivity contribution in [3.8, 4) is 0 Å². The van der Waals surface area contributed by atoms with E-state index in [-0.39, 0.29) is 12.8 Å². The lowest BCUT2D eigenvalue weighted by atomic mass is 9.73. The minimum Gasteiger partial charge on any atom is -0.390 e. The quantitative estimate of drug-likeness (QED) is 0.791. The van der Waals surface area contributed by atoms with Crippen molar-refractivity contribution in [1.29, 1.82) is 0 Å². The molecule has 0 bridgehead atoms. The van der Waals surface area contributed by atoms with Gasteiger partial charge < -0.3 is 5.11 Å². The molecule has 4 heteroatoms. The Hall–Kier alpha value is -0.250. The van der Waals surface area contributed by atoms with Gasteiger partial charge in [-0.05, 0) is 50.4 Å². The third-order valence-corrected chi connectivity index (χ3v) is 4.01. The van der Waals surface area contributed by atoms with Gasteiger partial charge in [0.25, 0.3) is 0 Å². The molecule has 1 N–H and O–H groups in total. The van der Waals surface area contributed by atoms with E-state index >= 15 is 0 Å². The van der Waals surface area contributed by atoms with Gasteiger partial charge in [0.2, 0.25) is 0 Å². The van der Waals surface area contributed by atoms with Crippen LogP contribution in [0.2, 0.25) is 0 Å². The Morgan fingerprint density at radius 1 is 1.24 bits per heavy atom. The molecular weight excluding hydrogens is 229 g/mol. The molecule has 0 heterocycles. The summed E-state index contributed by atoms with van der Waals surface area (Å²) < 4.78 is 36.1. The summed E-state index contributed by atoms with van der Waals surface area (Å²) >= 11 is 0. The Morgan fingerprint density at radius 2 is 1.76 bits per heavy atom. The van der Waals surface area contributed by atoms with Crippen LogP contribution in [-0.4, -0.2) is 16.9 Å². The normalized spacial score (nSPS) is 30.9. The summed E-state index contributed by atoms with van der Waals surface area (Å²) in [4.78, 5) is 0. The predicted octanol–water partition coefficient (Wildman–Crippen LogP) is 4.30. The van der Waals surface area contributed by atoms with Crippen LogP contribution in [0.3, 0.4) is 0 Å². The Balaban J connectivity index is 2.30. The summed E-state index contributed by atoms with van der Waals surface area (Å²) in [5.41, 5.74) is -0.837. The molecular formula is C13H23F3O. The van der Waals surface area contributed by atoms with Gasteiger partial charge in [-0.25, -0.2) is 0 Å². The van der Waals surface area contributed by atoms with Crippen LogP contribution >= 0.6 is 0 Å². The first-order valence-corrected chi connectivity index (χ1v) is 6.51. The molecule has 0 unspecified atom stereocenters. The first-order valence-electron chi connectivity index (χ1n) is 6.51. The number of alkyl halides is 3. The Bertz CT molecular complexity index is 227. The maximum Gasteiger partial charge on any atom is 0.389 e. The van der Waals surface area contributed by atoms with E-state index in [1.54, 1.807) is 0 Å². The van der Waals surface area contributed by atoms with Gasteiger partial charge in [-0.15, -0.1) is 0 Å². The summed E-state index contributed by atoms with van der Waals surface area (Å²) in [5, 5.41) is 10.2. The highest BCUT2D eigenvalue weighted by atomic mass is 19.4. The lowest BCUT2D eigenvalue weighted by Gasteiger charge is -2.37. The maximum atomic E-state index is 12.0. The molecule has 102 valence electrons. The SMILES string of the molecule is CC(C)C1CCC(O)(CCCC(F)(F)F)CC1. The topological polar surface area (TPSA) is 20.2 Å². The van der Waals surface area contributed by atoms with Crippen molar-refractivity contribution < 1.29 is 18.3 Å². The van der Waals surface area contributed by atoms with Gasteiger partial charge in [0.15, 0.2) is 0 Å². The number of aliphatic hydroxyl groups is 1. The monoisotopic (exact) mass is 252 g/mol. The summed E-state index contributed by atoms with van der Waals surface area (Å²) in [6.07, 6.45) is -1.32. The van der Waals surface area contributed by atoms with E-state index < -0.39 is 18.2 Å². The molecule has 1 fully saturated rings. The lowest BCUT2D eigenvalue weighted by Crippen LogP contribution is -2.35. The molecule has 0 aromatic heterocycles. The van der Waals surface area contributed by atoms with Crippen LogP contribution in [0.25, 0.3) is 0 Å². The number of halogens is 3. The molecule has 0 radical (unpaired) electrons. The largest absolute Gasteiger partial charge is 0.390 e. The minimum atomic E-state index is -4.09. The van der Waals surface area contributed by atoms with E-state index in [2.05, 4.69) is 13.8 Å². The first kappa shape index (κ1) is 14.8. The Morgan fingerprint density at radius 3 is 2.18 bits per heavy atom. The van der Waals surface area contributed by atoms with Gasteiger partial charge in [-0.3, -0.25) is 0 Å². The van der Waals surface area contributed by atoms with Gasteiger partial charge >= 0.3 is 6.18 Å². The fourth-order valence-electron chi connectivity index (χ4n) is 2.71. The van der Waals surface area contributed by atoms with Crippen molar-refractivity contribution in [1.82, 2.24) is 0 Å². The summed E-state index contributed by atoms with van der Waals surface area (Å²) in [6.45, 7) is 4.33. The first-order chi connectivity index (χ1) is 7.72. The van der Waals surface area contributed by atoms with E-state index in [9.17, 15) is 18.3 Å². The van der Waals surface area contributed by atoms with E-state index in [0.29, 0.717) is 24.7 Å². The number of rotatable bonds is 4. The molecule has 1 saturated carbocycles. The third-order valence-electron chi connectivity index (χ3n) is 4.01. The predicted molar refractivity (Wildman–Crippen MR) is 61.7 cm³/mol. The van der Waals surface area contributed by atoms with E-state index in [4.69, 9.17) is 0 Å². The van der Waals surface area contributed by atoms with Gasteiger partial charge in [0, 0.05) is 6.42 Å². The third kappa shape index (κ3) is 5.28. The van der Waals surface area contributed by atoms with Crippen LogP contribution < -0.4 is 0 Å². The molecule has 1 nitrogen and oxygen atoms in total. The number of hydrogen-bond acceptors (Lipinski definition) is 1. The van der Waals surface area contributed by atoms with Crippen molar-refractivity contribution in [2.24, 2.45) is 11.8 Å². The smallest absolute Gasteiger partial charge is 0.389 e. The van der Waals surface area contributed by atoms with Crippen LogP contribution in [0.5, 0.6) is 0 Å². The summed E-state index contributed by atoms with van der Waals surface area (Å²) in [7, 11) is 0. The van der Waals surface area contributed by atoms with Crippen molar-refractivity contribution in [2.75, 3.05) is 0 Å². The van der Waals surface area contributed by atoms with Crippen LogP contribution in [0.4, 0.5) is 13.2 Å². The van der Waals surface area contributed by atoms with Gasteiger partial charge in [-0.1, -0.05) is 13.8 Å². The second-order valence-electron chi connectivity index (χ2n) is 5.77. The average Bonchev–Trinajstić information content (AvgIpc) is 2.15. The molecule has 1 aliphatic rings. The molecule has 17 heavy (non-hydrogen) atoms. The minimum absolute atomic E-state index is 0.0480. The van der Waals surface area contributed by atoms with E-state index in [1.807, 2.05) is 0 Å². The van der Waals surface area contributed by atoms with Crippen LogP contribution in [0, 0.1) is 11.8 Å². The highest BCUT2D eigenvalue weighted by Crippen LogP contribution is 2.39. The second kappa shape index (κ2) is 5.59. The van der Waals surface area contributed by atoms with Crippen LogP contribution in [0.15, 0.2) is 0 Å². The van der Waals surface area contributed by atoms with Crippen molar-refractivity contribution >= 4 is 0 Å². The van der Waals surface area contributed by atoms with Crippen LogP contribution in [0.1, 0.15) is 58.8 Å². The van der Waals surface area contributed by atoms with Crippen LogP contribution in [-0.2, 0) is 0 Å². The molecule has 0 atom stereocenters. The Labute approximate surface area is 101 Å². The maximum absolute atomic E-state index is 12.0. The molecule has 1 rings (SSSR count). The second-order valence-corrected chi connectivity index (χ2v) is 5.77. The Kier molecular flexibility index (Phi) is 4.87. The highest BCUT2D eigenvalue weighted by molar-refractivity contribution is 4.86. The fraction of sp³-hybridized carbons (Fsp3) is 1.00. The standard InChI is InChI=1S/C13H23F3O/c1-10(2)11-4-8-12(17,9-5-11)6-3-7-13(14,15)16/h10-11,17H,3-9H2,1-2H3. The molecule has 0 saturated heterocycles. The zero-order valence-electron chi connectivity index (χ0n) is 10.7. The average molecular weight is 252 g/mol. The molecule has 0 amide bonds. The zero-order valence-corrected chi connectivity index (χ0v) is 10.7. The van der Waals surface area contributed by atoms with Crippen molar-refractivity contribution in [3.05, 3.63) is 0 Å². The molecule has 0 spiro atoms. The van der Waals surface area contributed by atoms with Gasteiger partial charge in [0.1, 0.15) is 0 Å². The zero-order chi connectivity index (χ0) is 13.1.